The minimum Gasteiger partial charge on any atom is -0.330 e. The molecule has 1 aromatic heterocycles. The molecule has 3 rings (SSSR count). The van der Waals surface area contributed by atoms with Gasteiger partial charge in [-0.1, -0.05) is 50.2 Å². The Hall–Kier alpha value is -3.83. The number of benzene rings is 2. The van der Waals surface area contributed by atoms with E-state index < -0.39 is 23.3 Å². The summed E-state index contributed by atoms with van der Waals surface area (Å²) in [5.41, 5.74) is 6.81. The normalized spacial score (nSPS) is 11.8. The van der Waals surface area contributed by atoms with E-state index in [9.17, 15) is 19.2 Å². The molecule has 1 atom stereocenters. The molecule has 0 radical (unpaired) electrons. The van der Waals surface area contributed by atoms with Gasteiger partial charge in [-0.15, -0.1) is 0 Å². The number of nitrogens with two attached hydrogens (primary N) is 1. The van der Waals surface area contributed by atoms with Crippen LogP contribution >= 0.6 is 0 Å². The lowest BCUT2D eigenvalue weighted by molar-refractivity contribution is 0.0601. The second-order valence-electron chi connectivity index (χ2n) is 8.77. The molecule has 8 heteroatoms. The van der Waals surface area contributed by atoms with E-state index in [1.807, 2.05) is 44.2 Å². The molecular formula is C27H30FN5O2. The first-order valence-corrected chi connectivity index (χ1v) is 11.6. The van der Waals surface area contributed by atoms with Gasteiger partial charge in [-0.05, 0) is 49.6 Å². The van der Waals surface area contributed by atoms with Gasteiger partial charge in [-0.3, -0.25) is 9.59 Å². The molecule has 7 nitrogen and oxygen atoms in total. The van der Waals surface area contributed by atoms with Gasteiger partial charge in [0, 0.05) is 12.1 Å². The van der Waals surface area contributed by atoms with Crippen molar-refractivity contribution in [2.45, 2.75) is 39.8 Å². The number of hydrogen-bond acceptors (Lipinski definition) is 5. The Balaban J connectivity index is 2.23. The number of amides is 1. The average Bonchev–Trinajstić information content (AvgIpc) is 2.84. The van der Waals surface area contributed by atoms with Gasteiger partial charge in [-0.2, -0.15) is 10.2 Å². The lowest BCUT2D eigenvalue weighted by Crippen LogP contribution is -2.42. The predicted molar refractivity (Wildman–Crippen MR) is 132 cm³/mol. The summed E-state index contributed by atoms with van der Waals surface area (Å²) in [6.45, 7) is 6.35. The molecule has 0 aliphatic rings. The summed E-state index contributed by atoms with van der Waals surface area (Å²) in [7, 11) is 0. The highest BCUT2D eigenvalue weighted by Crippen LogP contribution is 2.30. The van der Waals surface area contributed by atoms with Gasteiger partial charge in [0.05, 0.1) is 18.2 Å². The average molecular weight is 476 g/mol. The van der Waals surface area contributed by atoms with Crippen molar-refractivity contribution in [1.82, 2.24) is 14.5 Å². The van der Waals surface area contributed by atoms with Crippen molar-refractivity contribution in [2.24, 2.45) is 11.7 Å². The first kappa shape index (κ1) is 25.8. The number of rotatable bonds is 9. The second-order valence-corrected chi connectivity index (χ2v) is 8.77. The van der Waals surface area contributed by atoms with Gasteiger partial charge in [0.25, 0.3) is 11.5 Å². The zero-order chi connectivity index (χ0) is 25.5. The molecule has 1 heterocycles. The molecule has 0 fully saturated rings. The van der Waals surface area contributed by atoms with Crippen LogP contribution in [0.25, 0.3) is 0 Å². The molecule has 0 aliphatic carbocycles. The van der Waals surface area contributed by atoms with Crippen LogP contribution in [0.1, 0.15) is 59.3 Å². The summed E-state index contributed by atoms with van der Waals surface area (Å²) >= 11 is 0. The fourth-order valence-electron chi connectivity index (χ4n) is 4.18. The summed E-state index contributed by atoms with van der Waals surface area (Å²) in [5.74, 6) is -0.764. The summed E-state index contributed by atoms with van der Waals surface area (Å²) in [6, 6.07) is 16.5. The highest BCUT2D eigenvalue weighted by Gasteiger charge is 2.33. The Morgan fingerprint density at radius 1 is 1.20 bits per heavy atom. The zero-order valence-electron chi connectivity index (χ0n) is 20.2. The summed E-state index contributed by atoms with van der Waals surface area (Å²) in [6.07, 6.45) is 0.504. The fraction of sp³-hybridized carbons (Fsp3) is 0.333. The molecule has 1 amide bonds. The number of hydrogen-bond donors (Lipinski definition) is 1. The SMILES string of the molecule is Cc1c(C#N)n(Cc2ccccc2)c(C(C(C)C)N(CCCN)C(=O)c2cccc(F)c2)nc1=O. The van der Waals surface area contributed by atoms with E-state index in [0.29, 0.717) is 25.3 Å². The molecule has 0 bridgehead atoms. The van der Waals surface area contributed by atoms with Gasteiger partial charge in [-0.25, -0.2) is 4.39 Å². The van der Waals surface area contributed by atoms with Gasteiger partial charge in [0.1, 0.15) is 23.4 Å². The van der Waals surface area contributed by atoms with E-state index in [1.54, 1.807) is 22.5 Å². The molecule has 3 aromatic rings. The first-order valence-electron chi connectivity index (χ1n) is 11.6. The van der Waals surface area contributed by atoms with Crippen molar-refractivity contribution in [1.29, 1.82) is 5.26 Å². The third kappa shape index (κ3) is 5.81. The van der Waals surface area contributed by atoms with Crippen LogP contribution < -0.4 is 11.3 Å². The summed E-state index contributed by atoms with van der Waals surface area (Å²) in [4.78, 5) is 32.4. The Labute approximate surface area is 204 Å². The van der Waals surface area contributed by atoms with Gasteiger partial charge in [0.15, 0.2) is 0 Å². The molecule has 0 saturated heterocycles. The summed E-state index contributed by atoms with van der Waals surface area (Å²) in [5, 5.41) is 9.97. The van der Waals surface area contributed by atoms with Crippen LogP contribution in [-0.2, 0) is 6.54 Å². The lowest BCUT2D eigenvalue weighted by Gasteiger charge is -2.36. The minimum atomic E-state index is -0.651. The van der Waals surface area contributed by atoms with Crippen molar-refractivity contribution in [3.63, 3.8) is 0 Å². The number of halogens is 1. The highest BCUT2D eigenvalue weighted by molar-refractivity contribution is 5.94. The van der Waals surface area contributed by atoms with Crippen molar-refractivity contribution < 1.29 is 9.18 Å². The van der Waals surface area contributed by atoms with E-state index in [0.717, 1.165) is 5.56 Å². The monoisotopic (exact) mass is 475 g/mol. The van der Waals surface area contributed by atoms with Crippen molar-refractivity contribution in [3.8, 4) is 6.07 Å². The molecule has 0 spiro atoms. The van der Waals surface area contributed by atoms with E-state index in [1.165, 1.54) is 18.2 Å². The molecule has 0 saturated carbocycles. The number of aromatic nitrogens is 2. The number of carbonyl (C=O) groups is 1. The largest absolute Gasteiger partial charge is 0.330 e. The Morgan fingerprint density at radius 2 is 1.91 bits per heavy atom. The lowest BCUT2D eigenvalue weighted by atomic mass is 9.98. The highest BCUT2D eigenvalue weighted by atomic mass is 19.1. The maximum Gasteiger partial charge on any atom is 0.277 e. The van der Waals surface area contributed by atoms with Crippen LogP contribution in [-0.4, -0.2) is 33.4 Å². The van der Waals surface area contributed by atoms with Crippen molar-refractivity contribution >= 4 is 5.91 Å². The molecular weight excluding hydrogens is 445 g/mol. The second kappa shape index (κ2) is 11.5. The molecule has 1 unspecified atom stereocenters. The fourth-order valence-corrected chi connectivity index (χ4v) is 4.18. The van der Waals surface area contributed by atoms with E-state index >= 15 is 0 Å². The zero-order valence-corrected chi connectivity index (χ0v) is 20.2. The van der Waals surface area contributed by atoms with Crippen LogP contribution in [0.2, 0.25) is 0 Å². The van der Waals surface area contributed by atoms with E-state index in [-0.39, 0.29) is 29.3 Å². The Morgan fingerprint density at radius 3 is 2.51 bits per heavy atom. The van der Waals surface area contributed by atoms with Crippen molar-refractivity contribution in [2.75, 3.05) is 13.1 Å². The van der Waals surface area contributed by atoms with Gasteiger partial charge < -0.3 is 15.2 Å². The van der Waals surface area contributed by atoms with E-state index in [2.05, 4.69) is 11.1 Å². The smallest absolute Gasteiger partial charge is 0.277 e. The maximum absolute atomic E-state index is 13.9. The number of carbonyl (C=O) groups excluding carboxylic acids is 1. The molecule has 35 heavy (non-hydrogen) atoms. The van der Waals surface area contributed by atoms with Crippen LogP contribution in [0.15, 0.2) is 59.4 Å². The third-order valence-corrected chi connectivity index (χ3v) is 5.90. The Bertz CT molecular complexity index is 1280. The topological polar surface area (TPSA) is 105 Å². The Kier molecular flexibility index (Phi) is 8.50. The van der Waals surface area contributed by atoms with Gasteiger partial charge in [0.2, 0.25) is 0 Å². The van der Waals surface area contributed by atoms with Gasteiger partial charge >= 0.3 is 0 Å². The predicted octanol–water partition coefficient (Wildman–Crippen LogP) is 3.80. The number of nitrogens with zero attached hydrogens (tertiary/aromatic N) is 4. The van der Waals surface area contributed by atoms with E-state index in [4.69, 9.17) is 5.73 Å². The first-order chi connectivity index (χ1) is 16.8. The van der Waals surface area contributed by atoms with Crippen LogP contribution in [0.4, 0.5) is 4.39 Å². The van der Waals surface area contributed by atoms with Crippen LogP contribution in [0, 0.1) is 30.0 Å². The van der Waals surface area contributed by atoms with Crippen LogP contribution in [0.3, 0.4) is 0 Å². The number of nitriles is 1. The van der Waals surface area contributed by atoms with Crippen molar-refractivity contribution in [3.05, 3.63) is 99.0 Å². The molecule has 2 aromatic carbocycles. The quantitative estimate of drug-likeness (QED) is 0.507. The molecule has 2 N–H and O–H groups in total. The molecule has 0 aliphatic heterocycles. The minimum absolute atomic E-state index is 0.173. The maximum atomic E-state index is 13.9. The van der Waals surface area contributed by atoms with Crippen LogP contribution in [0.5, 0.6) is 0 Å². The standard InChI is InChI=1S/C27H30FN5O2/c1-18(2)24(32(14-8-13-29)27(35)21-11-7-12-22(28)15-21)25-31-26(34)19(3)23(16-30)33(25)17-20-9-5-4-6-10-20/h4-7,9-12,15,18,24H,8,13-14,17,29H2,1-3H3. The molecule has 182 valence electrons. The summed E-state index contributed by atoms with van der Waals surface area (Å²) < 4.78 is 15.7. The third-order valence-electron chi connectivity index (χ3n) is 5.90.